The first-order valence-corrected chi connectivity index (χ1v) is 15.1. The van der Waals surface area contributed by atoms with Crippen molar-refractivity contribution in [1.82, 2.24) is 4.98 Å². The van der Waals surface area contributed by atoms with Gasteiger partial charge in [0.1, 0.15) is 0 Å². The van der Waals surface area contributed by atoms with Gasteiger partial charge in [-0.2, -0.15) is 0 Å². The van der Waals surface area contributed by atoms with Crippen molar-refractivity contribution in [2.75, 3.05) is 0 Å². The van der Waals surface area contributed by atoms with Crippen molar-refractivity contribution in [1.29, 1.82) is 0 Å². The highest BCUT2D eigenvalue weighted by molar-refractivity contribution is 5.22. The second kappa shape index (κ2) is 22.9. The van der Waals surface area contributed by atoms with Crippen LogP contribution in [0.1, 0.15) is 166 Å². The molecule has 1 rings (SSSR count). The van der Waals surface area contributed by atoms with E-state index in [1.54, 1.807) is 0 Å². The van der Waals surface area contributed by atoms with Gasteiger partial charge in [-0.3, -0.25) is 4.98 Å². The molecule has 0 saturated heterocycles. The third-order valence-corrected chi connectivity index (χ3v) is 7.03. The van der Waals surface area contributed by atoms with Gasteiger partial charge in [0.15, 0.2) is 0 Å². The third kappa shape index (κ3) is 18.2. The molecule has 0 unspecified atom stereocenters. The molecule has 0 spiro atoms. The molecule has 0 amide bonds. The van der Waals surface area contributed by atoms with E-state index >= 15 is 0 Å². The maximum atomic E-state index is 5.05. The molecule has 0 atom stereocenters. The number of hydrogen-bond donors (Lipinski definition) is 0. The van der Waals surface area contributed by atoms with E-state index < -0.39 is 0 Å². The summed E-state index contributed by atoms with van der Waals surface area (Å²) in [6, 6.07) is 4.72. The minimum absolute atomic E-state index is 0.986. The van der Waals surface area contributed by atoms with Gasteiger partial charge in [0.25, 0.3) is 0 Å². The fourth-order valence-corrected chi connectivity index (χ4v) is 4.91. The van der Waals surface area contributed by atoms with Crippen LogP contribution in [0, 0.1) is 6.92 Å². The Kier molecular flexibility index (Phi) is 21.0. The highest BCUT2D eigenvalue weighted by Gasteiger charge is 2.04. The van der Waals surface area contributed by atoms with Crippen LogP contribution in [0.5, 0.6) is 0 Å². The van der Waals surface area contributed by atoms with Crippen LogP contribution >= 0.6 is 0 Å². The summed E-state index contributed by atoms with van der Waals surface area (Å²) in [7, 11) is 0. The van der Waals surface area contributed by atoms with Crippen LogP contribution in [0.15, 0.2) is 12.1 Å². The van der Waals surface area contributed by atoms with Crippen LogP contribution in [0.25, 0.3) is 0 Å². The van der Waals surface area contributed by atoms with Gasteiger partial charge >= 0.3 is 0 Å². The summed E-state index contributed by atoms with van der Waals surface area (Å²) < 4.78 is 0. The molecule has 0 bridgehead atoms. The molecule has 0 N–H and O–H groups in total. The normalized spacial score (nSPS) is 11.4. The number of hydrogen-bond acceptors (Lipinski definition) is 1. The molecule has 1 heterocycles. The van der Waals surface area contributed by atoms with E-state index in [0.717, 1.165) is 25.7 Å². The van der Waals surface area contributed by atoms with Crippen LogP contribution in [0.2, 0.25) is 0 Å². The lowest BCUT2D eigenvalue weighted by Gasteiger charge is -2.09. The molecule has 0 aromatic carbocycles. The van der Waals surface area contributed by atoms with Gasteiger partial charge in [0.05, 0.1) is 0 Å². The predicted octanol–water partition coefficient (Wildman–Crippen LogP) is 10.8. The molecule has 1 radical (unpaired) electrons. The highest BCUT2D eigenvalue weighted by Crippen LogP contribution is 2.16. The fraction of sp³-hybridized carbons (Fsp3) is 0.812. The topological polar surface area (TPSA) is 12.9 Å². The molecule has 0 aliphatic rings. The zero-order chi connectivity index (χ0) is 23.8. The van der Waals surface area contributed by atoms with Crippen molar-refractivity contribution in [3.8, 4) is 0 Å². The highest BCUT2D eigenvalue weighted by atomic mass is 14.7. The van der Waals surface area contributed by atoms with Gasteiger partial charge in [0, 0.05) is 11.4 Å². The Morgan fingerprint density at radius 3 is 1.15 bits per heavy atom. The van der Waals surface area contributed by atoms with Crippen LogP contribution < -0.4 is 0 Å². The molecule has 0 saturated carbocycles. The Balaban J connectivity index is 2.19. The first-order chi connectivity index (χ1) is 16.3. The molecule has 1 nitrogen and oxygen atoms in total. The summed E-state index contributed by atoms with van der Waals surface area (Å²) >= 11 is 0. The molecular weight excluding hydrogens is 398 g/mol. The van der Waals surface area contributed by atoms with Crippen LogP contribution in [-0.2, 0) is 19.3 Å². The monoisotopic (exact) mass is 456 g/mol. The number of unbranched alkanes of at least 4 members (excludes halogenated alkanes) is 18. The Labute approximate surface area is 209 Å². The maximum absolute atomic E-state index is 5.05. The molecule has 1 heteroatoms. The second-order valence-corrected chi connectivity index (χ2v) is 10.4. The van der Waals surface area contributed by atoms with E-state index in [4.69, 9.17) is 4.98 Å². The van der Waals surface area contributed by atoms with Crippen molar-refractivity contribution >= 4 is 0 Å². The van der Waals surface area contributed by atoms with E-state index in [1.165, 1.54) is 145 Å². The minimum atomic E-state index is 0.986. The standard InChI is InChI=1S/C32H58N/c1-4-7-9-11-13-15-17-19-21-23-26-31-28-30(25-6-3)29-32(33-31)27-24-22-20-18-16-14-12-10-8-5-2/h28-29H,3-27H2,1-2H3. The first kappa shape index (κ1) is 30.2. The van der Waals surface area contributed by atoms with Crippen molar-refractivity contribution < 1.29 is 0 Å². The number of rotatable bonds is 24. The lowest BCUT2D eigenvalue weighted by molar-refractivity contribution is 0.553. The van der Waals surface area contributed by atoms with Crippen molar-refractivity contribution in [3.63, 3.8) is 0 Å². The first-order valence-electron chi connectivity index (χ1n) is 15.1. The molecule has 0 aliphatic carbocycles. The number of pyridine rings is 1. The van der Waals surface area contributed by atoms with Crippen molar-refractivity contribution in [2.45, 2.75) is 168 Å². The molecule has 1 aromatic heterocycles. The Bertz CT molecular complexity index is 493. The molecule has 33 heavy (non-hydrogen) atoms. The second-order valence-electron chi connectivity index (χ2n) is 10.4. The number of aryl methyl sites for hydroxylation is 3. The summed E-state index contributed by atoms with van der Waals surface area (Å²) in [6.45, 7) is 8.67. The third-order valence-electron chi connectivity index (χ3n) is 7.03. The number of nitrogens with zero attached hydrogens (tertiary/aromatic N) is 1. The Hall–Kier alpha value is -0.850. The average Bonchev–Trinajstić information content (AvgIpc) is 2.81. The minimum Gasteiger partial charge on any atom is -0.258 e. The number of aromatic nitrogens is 1. The van der Waals surface area contributed by atoms with Gasteiger partial charge in [-0.05, 0) is 56.2 Å². The average molecular weight is 457 g/mol. The summed E-state index contributed by atoms with van der Waals surface area (Å²) in [6.07, 6.45) is 32.4. The summed E-state index contributed by atoms with van der Waals surface area (Å²) in [5.74, 6) is 0. The Morgan fingerprint density at radius 1 is 0.485 bits per heavy atom. The van der Waals surface area contributed by atoms with Gasteiger partial charge in [-0.25, -0.2) is 0 Å². The fourth-order valence-electron chi connectivity index (χ4n) is 4.91. The van der Waals surface area contributed by atoms with Crippen LogP contribution in [-0.4, -0.2) is 4.98 Å². The van der Waals surface area contributed by atoms with Crippen LogP contribution in [0.3, 0.4) is 0 Å². The quantitative estimate of drug-likeness (QED) is 0.141. The molecular formula is C32H58N. The van der Waals surface area contributed by atoms with Gasteiger partial charge in [-0.15, -0.1) is 0 Å². The lowest BCUT2D eigenvalue weighted by Crippen LogP contribution is -2.00. The predicted molar refractivity (Wildman–Crippen MR) is 149 cm³/mol. The van der Waals surface area contributed by atoms with Crippen molar-refractivity contribution in [3.05, 3.63) is 36.0 Å². The molecule has 0 aliphatic heterocycles. The van der Waals surface area contributed by atoms with E-state index in [1.807, 2.05) is 0 Å². The molecule has 1 aromatic rings. The smallest absolute Gasteiger partial charge is 0.0409 e. The zero-order valence-corrected chi connectivity index (χ0v) is 22.8. The molecule has 191 valence electrons. The lowest BCUT2D eigenvalue weighted by atomic mass is 10.0. The van der Waals surface area contributed by atoms with Gasteiger partial charge in [-0.1, -0.05) is 136 Å². The largest absolute Gasteiger partial charge is 0.258 e. The van der Waals surface area contributed by atoms with Gasteiger partial charge < -0.3 is 0 Å². The summed E-state index contributed by atoms with van der Waals surface area (Å²) in [5.41, 5.74) is 4.13. The van der Waals surface area contributed by atoms with Crippen molar-refractivity contribution in [2.24, 2.45) is 0 Å². The van der Waals surface area contributed by atoms with E-state index in [-0.39, 0.29) is 0 Å². The summed E-state index contributed by atoms with van der Waals surface area (Å²) in [5, 5.41) is 0. The van der Waals surface area contributed by atoms with E-state index in [0.29, 0.717) is 0 Å². The SMILES string of the molecule is [CH2]CCc1cc(CCCCCCCCCCCC)nc(CCCCCCCCCCCC)c1. The van der Waals surface area contributed by atoms with E-state index in [9.17, 15) is 0 Å². The van der Waals surface area contributed by atoms with E-state index in [2.05, 4.69) is 32.9 Å². The summed E-state index contributed by atoms with van der Waals surface area (Å²) in [4.78, 5) is 5.05. The van der Waals surface area contributed by atoms with Crippen LogP contribution in [0.4, 0.5) is 0 Å². The maximum Gasteiger partial charge on any atom is 0.0409 e. The zero-order valence-electron chi connectivity index (χ0n) is 22.8. The Morgan fingerprint density at radius 2 is 0.818 bits per heavy atom. The molecule has 0 fully saturated rings. The van der Waals surface area contributed by atoms with Gasteiger partial charge in [0.2, 0.25) is 0 Å².